The molecule has 1 aliphatic carbocycles. The number of urea groups is 1. The molecule has 0 radical (unpaired) electrons. The number of hydrogen-bond acceptors (Lipinski definition) is 3. The van der Waals surface area contributed by atoms with Gasteiger partial charge in [-0.3, -0.25) is 0 Å². The molecule has 1 aromatic heterocycles. The molecule has 1 aliphatic rings. The van der Waals surface area contributed by atoms with Crippen molar-refractivity contribution in [2.45, 2.75) is 43.9 Å². The molecule has 2 amide bonds. The number of rotatable bonds is 3. The summed E-state index contributed by atoms with van der Waals surface area (Å²) in [6.45, 7) is 0.118. The molecule has 0 aromatic carbocycles. The van der Waals surface area contributed by atoms with Crippen molar-refractivity contribution in [3.8, 4) is 0 Å². The Morgan fingerprint density at radius 2 is 1.95 bits per heavy atom. The Bertz CT molecular complexity index is 511. The summed E-state index contributed by atoms with van der Waals surface area (Å²) < 4.78 is 37.1. The first kappa shape index (κ1) is 16.5. The maximum Gasteiger partial charge on any atom is 0.433 e. The van der Waals surface area contributed by atoms with Gasteiger partial charge in [0, 0.05) is 6.54 Å². The van der Waals surface area contributed by atoms with Gasteiger partial charge in [0.2, 0.25) is 0 Å². The van der Waals surface area contributed by atoms with Crippen LogP contribution in [0.3, 0.4) is 0 Å². The number of carbonyl (C=O) groups excluding carboxylic acids is 1. The van der Waals surface area contributed by atoms with Crippen molar-refractivity contribution >= 4 is 11.7 Å². The van der Waals surface area contributed by atoms with Gasteiger partial charge < -0.3 is 15.7 Å². The predicted octanol–water partition coefficient (Wildman–Crippen LogP) is 2.92. The first-order chi connectivity index (χ1) is 10.3. The normalized spacial score (nSPS) is 17.8. The SMILES string of the molecule is O=C(NCC1(O)CCCCC1)Nc1ccc(C(F)(F)F)nc1. The number of nitrogens with one attached hydrogen (secondary N) is 2. The van der Waals surface area contributed by atoms with E-state index in [2.05, 4.69) is 15.6 Å². The number of carbonyl (C=O) groups is 1. The average molecular weight is 317 g/mol. The van der Waals surface area contributed by atoms with Crippen LogP contribution in [0.1, 0.15) is 37.8 Å². The van der Waals surface area contributed by atoms with E-state index in [4.69, 9.17) is 0 Å². The van der Waals surface area contributed by atoms with Crippen molar-refractivity contribution in [3.05, 3.63) is 24.0 Å². The van der Waals surface area contributed by atoms with Crippen molar-refractivity contribution in [2.75, 3.05) is 11.9 Å². The number of amides is 2. The number of hydrogen-bond donors (Lipinski definition) is 3. The number of aliphatic hydroxyl groups is 1. The Balaban J connectivity index is 1.84. The lowest BCUT2D eigenvalue weighted by Crippen LogP contribution is -2.45. The Morgan fingerprint density at radius 1 is 1.27 bits per heavy atom. The van der Waals surface area contributed by atoms with E-state index in [0.29, 0.717) is 12.8 Å². The molecule has 5 nitrogen and oxygen atoms in total. The third-order valence-electron chi connectivity index (χ3n) is 3.67. The van der Waals surface area contributed by atoms with Crippen molar-refractivity contribution in [1.82, 2.24) is 10.3 Å². The van der Waals surface area contributed by atoms with E-state index in [1.165, 1.54) is 0 Å². The second-order valence-corrected chi connectivity index (χ2v) is 5.52. The van der Waals surface area contributed by atoms with Gasteiger partial charge >= 0.3 is 12.2 Å². The van der Waals surface area contributed by atoms with Crippen LogP contribution in [0.2, 0.25) is 0 Å². The number of pyridine rings is 1. The first-order valence-electron chi connectivity index (χ1n) is 7.09. The van der Waals surface area contributed by atoms with Gasteiger partial charge in [0.25, 0.3) is 0 Å². The Morgan fingerprint density at radius 3 is 2.50 bits per heavy atom. The molecular formula is C14H18F3N3O2. The Labute approximate surface area is 125 Å². The van der Waals surface area contributed by atoms with Crippen molar-refractivity contribution in [2.24, 2.45) is 0 Å². The molecular weight excluding hydrogens is 299 g/mol. The highest BCUT2D eigenvalue weighted by Gasteiger charge is 2.32. The van der Waals surface area contributed by atoms with E-state index in [0.717, 1.165) is 37.6 Å². The summed E-state index contributed by atoms with van der Waals surface area (Å²) in [5.74, 6) is 0. The standard InChI is InChI=1S/C14H18F3N3O2/c15-14(16,17)11-5-4-10(8-18-11)20-12(21)19-9-13(22)6-2-1-3-7-13/h4-5,8,22H,1-3,6-7,9H2,(H2,19,20,21). The van der Waals surface area contributed by atoms with E-state index in [1.54, 1.807) is 0 Å². The third kappa shape index (κ3) is 4.59. The van der Waals surface area contributed by atoms with Gasteiger partial charge in [-0.25, -0.2) is 9.78 Å². The largest absolute Gasteiger partial charge is 0.433 e. The minimum absolute atomic E-state index is 0.118. The summed E-state index contributed by atoms with van der Waals surface area (Å²) in [6.07, 6.45) is 0.615. The van der Waals surface area contributed by atoms with E-state index < -0.39 is 23.5 Å². The zero-order valence-corrected chi connectivity index (χ0v) is 11.9. The second kappa shape index (κ2) is 6.51. The van der Waals surface area contributed by atoms with Gasteiger partial charge in [-0.15, -0.1) is 0 Å². The molecule has 3 N–H and O–H groups in total. The third-order valence-corrected chi connectivity index (χ3v) is 3.67. The molecule has 0 unspecified atom stereocenters. The zero-order chi connectivity index (χ0) is 16.2. The van der Waals surface area contributed by atoms with Crippen molar-refractivity contribution < 1.29 is 23.1 Å². The predicted molar refractivity (Wildman–Crippen MR) is 74.3 cm³/mol. The molecule has 1 fully saturated rings. The smallest absolute Gasteiger partial charge is 0.388 e. The van der Waals surface area contributed by atoms with Crippen LogP contribution in [-0.4, -0.2) is 28.3 Å². The van der Waals surface area contributed by atoms with Crippen LogP contribution in [0.5, 0.6) is 0 Å². The summed E-state index contributed by atoms with van der Waals surface area (Å²) >= 11 is 0. The van der Waals surface area contributed by atoms with Gasteiger partial charge in [0.15, 0.2) is 0 Å². The lowest BCUT2D eigenvalue weighted by molar-refractivity contribution is -0.141. The average Bonchev–Trinajstić information content (AvgIpc) is 2.46. The maximum atomic E-state index is 12.4. The molecule has 8 heteroatoms. The fourth-order valence-corrected chi connectivity index (χ4v) is 2.44. The minimum Gasteiger partial charge on any atom is -0.388 e. The molecule has 0 bridgehead atoms. The van der Waals surface area contributed by atoms with Crippen LogP contribution in [0.25, 0.3) is 0 Å². The van der Waals surface area contributed by atoms with E-state index >= 15 is 0 Å². The summed E-state index contributed by atoms with van der Waals surface area (Å²) in [6, 6.07) is 1.34. The molecule has 0 atom stereocenters. The molecule has 1 saturated carbocycles. The van der Waals surface area contributed by atoms with E-state index in [9.17, 15) is 23.1 Å². The van der Waals surface area contributed by atoms with Crippen molar-refractivity contribution in [1.29, 1.82) is 0 Å². The summed E-state index contributed by atoms with van der Waals surface area (Å²) in [4.78, 5) is 14.9. The van der Waals surface area contributed by atoms with Crippen LogP contribution in [0, 0.1) is 0 Å². The monoisotopic (exact) mass is 317 g/mol. The molecule has 0 spiro atoms. The molecule has 1 heterocycles. The Hall–Kier alpha value is -1.83. The van der Waals surface area contributed by atoms with Crippen LogP contribution >= 0.6 is 0 Å². The summed E-state index contributed by atoms with van der Waals surface area (Å²) in [7, 11) is 0. The van der Waals surface area contributed by atoms with E-state index in [-0.39, 0.29) is 12.2 Å². The first-order valence-corrected chi connectivity index (χ1v) is 7.09. The maximum absolute atomic E-state index is 12.4. The molecule has 122 valence electrons. The van der Waals surface area contributed by atoms with Gasteiger partial charge in [-0.1, -0.05) is 19.3 Å². The summed E-state index contributed by atoms with van der Waals surface area (Å²) in [5, 5.41) is 15.2. The number of halogens is 3. The minimum atomic E-state index is -4.51. The molecule has 22 heavy (non-hydrogen) atoms. The lowest BCUT2D eigenvalue weighted by atomic mass is 9.85. The zero-order valence-electron chi connectivity index (χ0n) is 11.9. The highest BCUT2D eigenvalue weighted by atomic mass is 19.4. The topological polar surface area (TPSA) is 74.2 Å². The molecule has 2 rings (SSSR count). The highest BCUT2D eigenvalue weighted by molar-refractivity contribution is 5.89. The van der Waals surface area contributed by atoms with Crippen LogP contribution in [-0.2, 0) is 6.18 Å². The van der Waals surface area contributed by atoms with Gasteiger partial charge in [-0.2, -0.15) is 13.2 Å². The molecule has 1 aromatic rings. The molecule has 0 aliphatic heterocycles. The van der Waals surface area contributed by atoms with Crippen LogP contribution in [0.4, 0.5) is 23.7 Å². The van der Waals surface area contributed by atoms with Crippen molar-refractivity contribution in [3.63, 3.8) is 0 Å². The fourth-order valence-electron chi connectivity index (χ4n) is 2.44. The number of alkyl halides is 3. The lowest BCUT2D eigenvalue weighted by Gasteiger charge is -2.32. The molecule has 0 saturated heterocycles. The summed E-state index contributed by atoms with van der Waals surface area (Å²) in [5.41, 5.74) is -1.76. The van der Waals surface area contributed by atoms with Gasteiger partial charge in [0.1, 0.15) is 5.69 Å². The van der Waals surface area contributed by atoms with E-state index in [1.807, 2.05) is 0 Å². The second-order valence-electron chi connectivity index (χ2n) is 5.52. The fraction of sp³-hybridized carbons (Fsp3) is 0.571. The van der Waals surface area contributed by atoms with Gasteiger partial charge in [-0.05, 0) is 25.0 Å². The van der Waals surface area contributed by atoms with Crippen LogP contribution in [0.15, 0.2) is 18.3 Å². The quantitative estimate of drug-likeness (QED) is 0.802. The number of aromatic nitrogens is 1. The highest BCUT2D eigenvalue weighted by Crippen LogP contribution is 2.28. The number of nitrogens with zero attached hydrogens (tertiary/aromatic N) is 1. The Kier molecular flexibility index (Phi) is 4.90. The van der Waals surface area contributed by atoms with Gasteiger partial charge in [0.05, 0.1) is 17.5 Å². The van der Waals surface area contributed by atoms with Crippen LogP contribution < -0.4 is 10.6 Å². The number of anilines is 1.